The lowest BCUT2D eigenvalue weighted by Gasteiger charge is -2.39. The van der Waals surface area contributed by atoms with Crippen LogP contribution >= 0.6 is 0 Å². The maximum atomic E-state index is 12.0. The molecule has 0 aliphatic carbocycles. The van der Waals surface area contributed by atoms with Crippen LogP contribution in [0, 0.1) is 11.3 Å². The van der Waals surface area contributed by atoms with Crippen LogP contribution in [0.15, 0.2) is 0 Å². The molecule has 1 unspecified atom stereocenters. The van der Waals surface area contributed by atoms with Gasteiger partial charge in [0.2, 0.25) is 11.8 Å². The number of hydrogen-bond acceptors (Lipinski definition) is 3. The van der Waals surface area contributed by atoms with E-state index in [1.807, 2.05) is 27.7 Å². The van der Waals surface area contributed by atoms with Crippen molar-refractivity contribution in [3.05, 3.63) is 0 Å². The molecule has 0 bridgehead atoms. The molecule has 1 fully saturated rings. The van der Waals surface area contributed by atoms with Gasteiger partial charge in [-0.25, -0.2) is 0 Å². The zero-order valence-electron chi connectivity index (χ0n) is 11.9. The Morgan fingerprint density at radius 3 is 2.22 bits per heavy atom. The molecule has 0 aromatic heterocycles. The van der Waals surface area contributed by atoms with Crippen LogP contribution in [0.4, 0.5) is 0 Å². The van der Waals surface area contributed by atoms with Crippen LogP contribution in [-0.4, -0.2) is 28.5 Å². The van der Waals surface area contributed by atoms with Crippen LogP contribution < -0.4 is 0 Å². The Hall–Kier alpha value is -1.19. The third kappa shape index (κ3) is 2.98. The quantitative estimate of drug-likeness (QED) is 0.557. The van der Waals surface area contributed by atoms with Crippen LogP contribution in [-0.2, 0) is 14.4 Å². The van der Waals surface area contributed by atoms with Gasteiger partial charge in [0.05, 0.1) is 0 Å². The minimum atomic E-state index is -0.536. The predicted molar refractivity (Wildman–Crippen MR) is 68.8 cm³/mol. The molecule has 1 atom stereocenters. The highest BCUT2D eigenvalue weighted by atomic mass is 16.2. The minimum absolute atomic E-state index is 0.0908. The molecule has 1 heterocycles. The summed E-state index contributed by atoms with van der Waals surface area (Å²) in [5.74, 6) is -0.405. The molecule has 1 rings (SSSR count). The number of carbonyl (C=O) groups excluding carboxylic acids is 3. The van der Waals surface area contributed by atoms with E-state index in [1.54, 1.807) is 6.92 Å². The Morgan fingerprint density at radius 2 is 1.83 bits per heavy atom. The number of nitrogens with zero attached hydrogens (tertiary/aromatic N) is 1. The summed E-state index contributed by atoms with van der Waals surface area (Å²) in [4.78, 5) is 36.0. The molecule has 102 valence electrons. The fourth-order valence-electron chi connectivity index (χ4n) is 2.97. The number of carbonyl (C=O) groups is 3. The second-order valence-electron chi connectivity index (χ2n) is 6.70. The summed E-state index contributed by atoms with van der Waals surface area (Å²) < 4.78 is 0. The van der Waals surface area contributed by atoms with Crippen molar-refractivity contribution in [3.63, 3.8) is 0 Å². The van der Waals surface area contributed by atoms with Crippen LogP contribution in [0.1, 0.15) is 53.9 Å². The monoisotopic (exact) mass is 253 g/mol. The van der Waals surface area contributed by atoms with Crippen LogP contribution in [0.3, 0.4) is 0 Å². The van der Waals surface area contributed by atoms with Gasteiger partial charge in [0, 0.05) is 24.3 Å². The molecule has 4 nitrogen and oxygen atoms in total. The van der Waals surface area contributed by atoms with Gasteiger partial charge in [-0.1, -0.05) is 20.8 Å². The summed E-state index contributed by atoms with van der Waals surface area (Å²) in [7, 11) is 0. The zero-order chi connectivity index (χ0) is 14.1. The van der Waals surface area contributed by atoms with E-state index in [4.69, 9.17) is 0 Å². The third-order valence-electron chi connectivity index (χ3n) is 3.52. The van der Waals surface area contributed by atoms with E-state index in [9.17, 15) is 14.4 Å². The minimum Gasteiger partial charge on any atom is -0.303 e. The highest BCUT2D eigenvalue weighted by Crippen LogP contribution is 2.37. The van der Waals surface area contributed by atoms with Gasteiger partial charge in [-0.15, -0.1) is 0 Å². The van der Waals surface area contributed by atoms with Crippen LogP contribution in [0.5, 0.6) is 0 Å². The molecule has 1 aliphatic rings. The number of hydrogen-bond donors (Lipinski definition) is 0. The van der Waals surface area contributed by atoms with Gasteiger partial charge >= 0.3 is 0 Å². The number of amides is 2. The summed E-state index contributed by atoms with van der Waals surface area (Å²) in [5, 5.41) is 0. The van der Waals surface area contributed by atoms with E-state index in [0.29, 0.717) is 19.3 Å². The molecule has 18 heavy (non-hydrogen) atoms. The average molecular weight is 253 g/mol. The van der Waals surface area contributed by atoms with Gasteiger partial charge in [0.1, 0.15) is 6.29 Å². The molecule has 4 heteroatoms. The molecule has 0 aromatic rings. The molecule has 2 amide bonds. The zero-order valence-corrected chi connectivity index (χ0v) is 11.9. The predicted octanol–water partition coefficient (Wildman–Crippen LogP) is 2.17. The number of rotatable bonds is 5. The Balaban J connectivity index is 2.89. The van der Waals surface area contributed by atoms with Crippen LogP contribution in [0.2, 0.25) is 0 Å². The van der Waals surface area contributed by atoms with Crippen molar-refractivity contribution in [2.24, 2.45) is 11.3 Å². The maximum absolute atomic E-state index is 12.0. The Kier molecular flexibility index (Phi) is 3.99. The summed E-state index contributed by atoms with van der Waals surface area (Å²) in [5.41, 5.74) is -0.747. The smallest absolute Gasteiger partial charge is 0.233 e. The van der Waals surface area contributed by atoms with Crippen molar-refractivity contribution in [2.75, 3.05) is 0 Å². The number of likely N-dealkylation sites (tertiary alicyclic amines) is 1. The van der Waals surface area contributed by atoms with Crippen molar-refractivity contribution in [3.8, 4) is 0 Å². The Morgan fingerprint density at radius 1 is 1.28 bits per heavy atom. The standard InChI is InChI=1S/C14H23NO3/c1-10-8-11(17)15(12(10)18)14(4,5)9-13(2,3)6-7-16/h7,10H,6,8-9H2,1-5H3. The van der Waals surface area contributed by atoms with E-state index in [-0.39, 0.29) is 23.1 Å². The average Bonchev–Trinajstić information content (AvgIpc) is 2.38. The van der Waals surface area contributed by atoms with Gasteiger partial charge in [-0.3, -0.25) is 14.5 Å². The summed E-state index contributed by atoms with van der Waals surface area (Å²) in [6, 6.07) is 0. The topological polar surface area (TPSA) is 54.5 Å². The maximum Gasteiger partial charge on any atom is 0.233 e. The molecule has 0 N–H and O–H groups in total. The van der Waals surface area contributed by atoms with E-state index in [2.05, 4.69) is 0 Å². The van der Waals surface area contributed by atoms with Crippen molar-refractivity contribution in [1.82, 2.24) is 4.90 Å². The Bertz CT molecular complexity index is 371. The van der Waals surface area contributed by atoms with E-state index >= 15 is 0 Å². The largest absolute Gasteiger partial charge is 0.303 e. The van der Waals surface area contributed by atoms with Gasteiger partial charge < -0.3 is 4.79 Å². The third-order valence-corrected chi connectivity index (χ3v) is 3.52. The lowest BCUT2D eigenvalue weighted by atomic mass is 9.77. The lowest BCUT2D eigenvalue weighted by Crippen LogP contribution is -2.50. The number of aldehydes is 1. The molecule has 0 aromatic carbocycles. The van der Waals surface area contributed by atoms with Crippen molar-refractivity contribution in [2.45, 2.75) is 59.4 Å². The second kappa shape index (κ2) is 4.82. The lowest BCUT2D eigenvalue weighted by molar-refractivity contribution is -0.146. The fraction of sp³-hybridized carbons (Fsp3) is 0.786. The highest BCUT2D eigenvalue weighted by molar-refractivity contribution is 6.04. The van der Waals surface area contributed by atoms with Crippen molar-refractivity contribution >= 4 is 18.1 Å². The molecule has 0 spiro atoms. The first kappa shape index (κ1) is 14.9. The molecule has 0 saturated carbocycles. The normalized spacial score (nSPS) is 21.6. The van der Waals surface area contributed by atoms with Gasteiger partial charge in [-0.05, 0) is 25.7 Å². The van der Waals surface area contributed by atoms with Gasteiger partial charge in [-0.2, -0.15) is 0 Å². The summed E-state index contributed by atoms with van der Waals surface area (Å²) in [6.07, 6.45) is 2.26. The fourth-order valence-corrected chi connectivity index (χ4v) is 2.97. The van der Waals surface area contributed by atoms with Gasteiger partial charge in [0.15, 0.2) is 0 Å². The molecule has 1 saturated heterocycles. The summed E-state index contributed by atoms with van der Waals surface area (Å²) in [6.45, 7) is 9.54. The molecule has 1 aliphatic heterocycles. The van der Waals surface area contributed by atoms with Gasteiger partial charge in [0.25, 0.3) is 0 Å². The first-order valence-electron chi connectivity index (χ1n) is 6.41. The molecular weight excluding hydrogens is 230 g/mol. The molecule has 0 radical (unpaired) electrons. The Labute approximate surface area is 109 Å². The molecular formula is C14H23NO3. The van der Waals surface area contributed by atoms with Crippen molar-refractivity contribution < 1.29 is 14.4 Å². The first-order valence-corrected chi connectivity index (χ1v) is 6.41. The van der Waals surface area contributed by atoms with Crippen molar-refractivity contribution in [1.29, 1.82) is 0 Å². The first-order chi connectivity index (χ1) is 8.10. The summed E-state index contributed by atoms with van der Waals surface area (Å²) >= 11 is 0. The second-order valence-corrected chi connectivity index (χ2v) is 6.70. The number of imide groups is 1. The highest BCUT2D eigenvalue weighted by Gasteiger charge is 2.45. The van der Waals surface area contributed by atoms with E-state index < -0.39 is 5.54 Å². The van der Waals surface area contributed by atoms with Crippen LogP contribution in [0.25, 0.3) is 0 Å². The van der Waals surface area contributed by atoms with E-state index in [0.717, 1.165) is 6.29 Å². The SMILES string of the molecule is CC1CC(=O)N(C(C)(C)CC(C)(C)CC=O)C1=O. The van der Waals surface area contributed by atoms with E-state index in [1.165, 1.54) is 4.90 Å².